The maximum Gasteiger partial charge on any atom is 0.231 e. The van der Waals surface area contributed by atoms with Gasteiger partial charge >= 0.3 is 0 Å². The van der Waals surface area contributed by atoms with Gasteiger partial charge in [0.25, 0.3) is 0 Å². The van der Waals surface area contributed by atoms with Gasteiger partial charge in [-0.2, -0.15) is 15.1 Å². The highest BCUT2D eigenvalue weighted by molar-refractivity contribution is 7.98. The van der Waals surface area contributed by atoms with Crippen LogP contribution in [0.1, 0.15) is 6.92 Å². The van der Waals surface area contributed by atoms with Crippen molar-refractivity contribution in [2.24, 2.45) is 10.7 Å². The van der Waals surface area contributed by atoms with Crippen molar-refractivity contribution in [3.63, 3.8) is 0 Å². The molecule has 0 amide bonds. The first-order valence-electron chi connectivity index (χ1n) is 5.93. The summed E-state index contributed by atoms with van der Waals surface area (Å²) >= 11 is 1.48. The molecule has 0 fully saturated rings. The van der Waals surface area contributed by atoms with Crippen LogP contribution in [-0.2, 0) is 0 Å². The van der Waals surface area contributed by atoms with Crippen molar-refractivity contribution in [1.29, 1.82) is 0 Å². The Hall–Kier alpha value is -2.29. The van der Waals surface area contributed by atoms with Crippen molar-refractivity contribution in [3.8, 4) is 0 Å². The minimum Gasteiger partial charge on any atom is -0.403 e. The number of aromatic amines is 1. The molecule has 20 heavy (non-hydrogen) atoms. The summed E-state index contributed by atoms with van der Waals surface area (Å²) in [6.07, 6.45) is 4.92. The van der Waals surface area contributed by atoms with Gasteiger partial charge in [-0.1, -0.05) is 0 Å². The number of hydrogen-bond acceptors (Lipinski definition) is 8. The number of anilines is 2. The fraction of sp³-hybridized carbons (Fsp3) is 0.273. The molecular weight excluding hydrogens is 276 g/mol. The minimum atomic E-state index is 0.338. The molecule has 0 spiro atoms. The van der Waals surface area contributed by atoms with E-state index in [0.29, 0.717) is 29.7 Å². The SMILES string of the molecule is CCN=CC(=CN)Nc1nc(N)c2c(SC)n[nH]c2n1. The minimum absolute atomic E-state index is 0.338. The molecule has 0 aliphatic carbocycles. The van der Waals surface area contributed by atoms with Crippen molar-refractivity contribution in [2.75, 3.05) is 23.9 Å². The largest absolute Gasteiger partial charge is 0.403 e. The summed E-state index contributed by atoms with van der Waals surface area (Å²) in [6, 6.07) is 0. The van der Waals surface area contributed by atoms with Crippen LogP contribution >= 0.6 is 11.8 Å². The number of thioether (sulfide) groups is 1. The van der Waals surface area contributed by atoms with Crippen LogP contribution in [0.15, 0.2) is 21.9 Å². The summed E-state index contributed by atoms with van der Waals surface area (Å²) in [5.41, 5.74) is 12.6. The van der Waals surface area contributed by atoms with E-state index < -0.39 is 0 Å². The summed E-state index contributed by atoms with van der Waals surface area (Å²) < 4.78 is 0. The van der Waals surface area contributed by atoms with Gasteiger partial charge in [0.2, 0.25) is 5.95 Å². The van der Waals surface area contributed by atoms with E-state index in [-0.39, 0.29) is 0 Å². The zero-order valence-corrected chi connectivity index (χ0v) is 12.0. The second-order valence-corrected chi connectivity index (χ2v) is 4.56. The van der Waals surface area contributed by atoms with Crippen molar-refractivity contribution in [2.45, 2.75) is 11.9 Å². The number of nitrogen functional groups attached to an aromatic ring is 1. The van der Waals surface area contributed by atoms with Gasteiger partial charge < -0.3 is 16.8 Å². The Bertz CT molecular complexity index is 660. The monoisotopic (exact) mass is 292 g/mol. The molecule has 2 heterocycles. The van der Waals surface area contributed by atoms with Crippen LogP contribution in [-0.4, -0.2) is 39.2 Å². The highest BCUT2D eigenvalue weighted by Gasteiger charge is 2.12. The van der Waals surface area contributed by atoms with E-state index in [1.54, 1.807) is 6.21 Å². The predicted octanol–water partition coefficient (Wildman–Crippen LogP) is 0.960. The van der Waals surface area contributed by atoms with Crippen molar-refractivity contribution < 1.29 is 0 Å². The molecule has 2 rings (SSSR count). The third kappa shape index (κ3) is 2.82. The summed E-state index contributed by atoms with van der Waals surface area (Å²) in [5, 5.41) is 11.4. The van der Waals surface area contributed by atoms with Gasteiger partial charge in [0, 0.05) is 19.0 Å². The number of nitrogens with two attached hydrogens (primary N) is 2. The Morgan fingerprint density at radius 2 is 2.30 bits per heavy atom. The number of nitrogens with zero attached hydrogens (tertiary/aromatic N) is 4. The number of nitrogens with one attached hydrogen (secondary N) is 2. The third-order valence-electron chi connectivity index (χ3n) is 2.46. The smallest absolute Gasteiger partial charge is 0.231 e. The normalized spacial score (nSPS) is 12.4. The van der Waals surface area contributed by atoms with E-state index >= 15 is 0 Å². The first-order chi connectivity index (χ1) is 9.69. The predicted molar refractivity (Wildman–Crippen MR) is 82.8 cm³/mol. The van der Waals surface area contributed by atoms with Crippen LogP contribution < -0.4 is 16.8 Å². The number of aromatic nitrogens is 4. The molecule has 106 valence electrons. The molecule has 0 atom stereocenters. The molecule has 2 aromatic rings. The molecule has 6 N–H and O–H groups in total. The van der Waals surface area contributed by atoms with Crippen molar-refractivity contribution in [3.05, 3.63) is 11.9 Å². The Labute approximate surface area is 120 Å². The standard InChI is InChI=1S/C11H16N8S/c1-3-14-5-6(4-12)15-11-16-8(13)7-9(17-11)18-19-10(7)20-2/h4-5H,3,12H2,1-2H3,(H4,13,15,16,17,18,19). The number of aliphatic imine (C=N–C) groups is 1. The lowest BCUT2D eigenvalue weighted by molar-refractivity contribution is 1.02. The topological polar surface area (TPSA) is 131 Å². The van der Waals surface area contributed by atoms with Crippen LogP contribution in [0.5, 0.6) is 0 Å². The average molecular weight is 292 g/mol. The summed E-state index contributed by atoms with van der Waals surface area (Å²) in [6.45, 7) is 2.60. The van der Waals surface area contributed by atoms with E-state index in [2.05, 4.69) is 30.5 Å². The molecule has 0 radical (unpaired) electrons. The Morgan fingerprint density at radius 1 is 1.50 bits per heavy atom. The quantitative estimate of drug-likeness (QED) is 0.476. The van der Waals surface area contributed by atoms with E-state index in [4.69, 9.17) is 11.5 Å². The van der Waals surface area contributed by atoms with E-state index in [9.17, 15) is 0 Å². The Morgan fingerprint density at radius 3 is 2.95 bits per heavy atom. The van der Waals surface area contributed by atoms with E-state index in [1.165, 1.54) is 18.0 Å². The number of hydrogen-bond donors (Lipinski definition) is 4. The maximum atomic E-state index is 5.95. The highest BCUT2D eigenvalue weighted by Crippen LogP contribution is 2.27. The summed E-state index contributed by atoms with van der Waals surface area (Å²) in [4.78, 5) is 12.6. The molecule has 9 heteroatoms. The average Bonchev–Trinajstić information content (AvgIpc) is 2.86. The van der Waals surface area contributed by atoms with Crippen molar-refractivity contribution >= 4 is 40.8 Å². The van der Waals surface area contributed by atoms with Crippen LogP contribution in [0.2, 0.25) is 0 Å². The van der Waals surface area contributed by atoms with Gasteiger partial charge in [-0.15, -0.1) is 11.8 Å². The number of H-pyrrole nitrogens is 1. The number of rotatable bonds is 5. The fourth-order valence-corrected chi connectivity index (χ4v) is 2.11. The van der Waals surface area contributed by atoms with E-state index in [0.717, 1.165) is 10.4 Å². The van der Waals surface area contributed by atoms with Gasteiger partial charge in [0.1, 0.15) is 10.8 Å². The third-order valence-corrected chi connectivity index (χ3v) is 3.14. The molecule has 0 aromatic carbocycles. The highest BCUT2D eigenvalue weighted by atomic mass is 32.2. The molecule has 0 unspecified atom stereocenters. The first kappa shape index (κ1) is 14.1. The van der Waals surface area contributed by atoms with Crippen LogP contribution in [0.4, 0.5) is 11.8 Å². The van der Waals surface area contributed by atoms with Crippen LogP contribution in [0.3, 0.4) is 0 Å². The van der Waals surface area contributed by atoms with Gasteiger partial charge in [0.15, 0.2) is 5.65 Å². The maximum absolute atomic E-state index is 5.95. The van der Waals surface area contributed by atoms with Crippen LogP contribution in [0, 0.1) is 0 Å². The molecule has 0 saturated carbocycles. The van der Waals surface area contributed by atoms with Gasteiger partial charge in [-0.3, -0.25) is 10.1 Å². The lowest BCUT2D eigenvalue weighted by atomic mass is 10.4. The van der Waals surface area contributed by atoms with Gasteiger partial charge in [-0.25, -0.2) is 0 Å². The molecule has 0 saturated heterocycles. The Kier molecular flexibility index (Phi) is 4.41. The van der Waals surface area contributed by atoms with Gasteiger partial charge in [0.05, 0.1) is 11.1 Å². The summed E-state index contributed by atoms with van der Waals surface area (Å²) in [7, 11) is 0. The molecule has 8 nitrogen and oxygen atoms in total. The molecule has 0 aliphatic rings. The molecule has 0 bridgehead atoms. The zero-order chi connectivity index (χ0) is 14.5. The lowest BCUT2D eigenvalue weighted by Gasteiger charge is -2.05. The number of allylic oxidation sites excluding steroid dienone is 1. The zero-order valence-electron chi connectivity index (χ0n) is 11.2. The fourth-order valence-electron chi connectivity index (χ4n) is 1.57. The molecule has 2 aromatic heterocycles. The second kappa shape index (κ2) is 6.24. The Balaban J connectivity index is 2.34. The van der Waals surface area contributed by atoms with Crippen LogP contribution in [0.25, 0.3) is 11.0 Å². The lowest BCUT2D eigenvalue weighted by Crippen LogP contribution is -2.08. The van der Waals surface area contributed by atoms with Crippen molar-refractivity contribution in [1.82, 2.24) is 20.2 Å². The van der Waals surface area contributed by atoms with Gasteiger partial charge in [-0.05, 0) is 13.2 Å². The number of fused-ring (bicyclic) bond motifs is 1. The second-order valence-electron chi connectivity index (χ2n) is 3.76. The summed E-state index contributed by atoms with van der Waals surface area (Å²) in [5.74, 6) is 0.699. The molecular formula is C11H16N8S. The first-order valence-corrected chi connectivity index (χ1v) is 7.16. The van der Waals surface area contributed by atoms with E-state index in [1.807, 2.05) is 13.2 Å². The molecule has 0 aliphatic heterocycles.